The van der Waals surface area contributed by atoms with E-state index in [0.29, 0.717) is 0 Å². The van der Waals surface area contributed by atoms with Crippen molar-refractivity contribution in [3.63, 3.8) is 0 Å². The van der Waals surface area contributed by atoms with Crippen LogP contribution in [0.3, 0.4) is 0 Å². The van der Waals surface area contributed by atoms with Gasteiger partial charge in [0.25, 0.3) is 0 Å². The summed E-state index contributed by atoms with van der Waals surface area (Å²) in [7, 11) is 0. The zero-order valence-corrected chi connectivity index (χ0v) is 29.9. The second kappa shape index (κ2) is 10.9. The summed E-state index contributed by atoms with van der Waals surface area (Å²) in [5.41, 5.74) is 15.2. The van der Waals surface area contributed by atoms with E-state index in [1.807, 2.05) is 0 Å². The summed E-state index contributed by atoms with van der Waals surface area (Å²) in [5, 5.41) is 3.62. The van der Waals surface area contributed by atoms with Crippen LogP contribution in [0.25, 0.3) is 66.2 Å². The Bertz CT molecular complexity index is 2980. The van der Waals surface area contributed by atoms with Crippen molar-refractivity contribution in [2.24, 2.45) is 5.41 Å². The summed E-state index contributed by atoms with van der Waals surface area (Å²) in [6, 6.07) is 51.3. The predicted octanol–water partition coefficient (Wildman–Crippen LogP) is 12.0. The molecule has 3 nitrogen and oxygen atoms in total. The third-order valence-corrected chi connectivity index (χ3v) is 12.9. The quantitative estimate of drug-likeness (QED) is 0.169. The van der Waals surface area contributed by atoms with Crippen molar-refractivity contribution in [2.45, 2.75) is 31.0 Å². The number of imidazole rings is 1. The van der Waals surface area contributed by atoms with Gasteiger partial charge in [0, 0.05) is 16.2 Å². The maximum absolute atomic E-state index is 7.03. The molecule has 3 heteroatoms. The third-order valence-electron chi connectivity index (χ3n) is 12.9. The lowest BCUT2D eigenvalue weighted by molar-refractivity contribution is -0.0765. The van der Waals surface area contributed by atoms with Crippen LogP contribution < -0.4 is 0 Å². The van der Waals surface area contributed by atoms with Crippen LogP contribution in [-0.2, 0) is 10.2 Å². The van der Waals surface area contributed by atoms with Gasteiger partial charge >= 0.3 is 0 Å². The second-order valence-corrected chi connectivity index (χ2v) is 15.5. The normalized spacial score (nSPS) is 21.9. The Labute approximate surface area is 313 Å². The number of aromatic nitrogens is 2. The summed E-state index contributed by atoms with van der Waals surface area (Å²) in [4.78, 5) is 5.10. The number of nitrogens with zero attached hydrogens (tertiary/aromatic N) is 2. The third kappa shape index (κ3) is 3.82. The number of pyridine rings is 1. The Balaban J connectivity index is 1.00. The molecule has 6 aromatic carbocycles. The molecule has 3 heterocycles. The van der Waals surface area contributed by atoms with E-state index in [0.717, 1.165) is 23.1 Å². The number of benzene rings is 6. The Hall–Kier alpha value is -6.29. The first kappa shape index (κ1) is 30.2. The molecule has 3 aliphatic carbocycles. The van der Waals surface area contributed by atoms with E-state index in [9.17, 15) is 0 Å². The monoisotopic (exact) mass is 692 g/mol. The molecule has 1 saturated heterocycles. The average molecular weight is 693 g/mol. The Morgan fingerprint density at radius 2 is 1.35 bits per heavy atom. The van der Waals surface area contributed by atoms with Gasteiger partial charge in [-0.25, -0.2) is 4.98 Å². The molecular weight excluding hydrogens is 657 g/mol. The van der Waals surface area contributed by atoms with Crippen molar-refractivity contribution in [3.8, 4) is 22.3 Å². The van der Waals surface area contributed by atoms with Gasteiger partial charge in [0.1, 0.15) is 5.65 Å². The molecule has 1 aliphatic heterocycles. The lowest BCUT2D eigenvalue weighted by Gasteiger charge is -2.58. The molecule has 256 valence electrons. The van der Waals surface area contributed by atoms with Crippen molar-refractivity contribution in [1.82, 2.24) is 9.38 Å². The maximum atomic E-state index is 7.03. The first-order chi connectivity index (χ1) is 26.6. The van der Waals surface area contributed by atoms with E-state index in [1.165, 1.54) is 71.8 Å². The standard InChI is InChI=1S/C51H36N2O/c1-50-31-35(27-29-48(50)54-47-21-11-8-18-43(47)51(50)41-16-6-4-13-37(41)38-14-5-7-17-42(38)51)33-24-22-32(23-25-33)34-26-28-39-36-12-2-3-15-40(36)49-52-44-19-9-10-20-45(44)53(49)46(39)30-34/h2-20,22-31,47-48H,21H2,1H3. The maximum Gasteiger partial charge on any atom is 0.146 e. The van der Waals surface area contributed by atoms with E-state index in [1.54, 1.807) is 0 Å². The molecule has 8 aromatic rings. The van der Waals surface area contributed by atoms with Crippen LogP contribution in [0.4, 0.5) is 0 Å². The number of hydrogen-bond acceptors (Lipinski definition) is 2. The highest BCUT2D eigenvalue weighted by atomic mass is 16.5. The van der Waals surface area contributed by atoms with Gasteiger partial charge in [0.05, 0.1) is 34.2 Å². The van der Waals surface area contributed by atoms with Crippen LogP contribution in [-0.4, -0.2) is 21.6 Å². The Morgan fingerprint density at radius 1 is 0.667 bits per heavy atom. The molecule has 2 aromatic heterocycles. The van der Waals surface area contributed by atoms with Gasteiger partial charge in [-0.3, -0.25) is 4.40 Å². The largest absolute Gasteiger partial charge is 0.365 e. The summed E-state index contributed by atoms with van der Waals surface area (Å²) in [6.45, 7) is 2.43. The van der Waals surface area contributed by atoms with E-state index in [2.05, 4.69) is 187 Å². The minimum atomic E-state index is -0.369. The molecule has 3 unspecified atom stereocenters. The Kier molecular flexibility index (Phi) is 6.08. The smallest absolute Gasteiger partial charge is 0.146 e. The number of ether oxygens (including phenoxy) is 1. The molecule has 4 aliphatic rings. The fourth-order valence-corrected chi connectivity index (χ4v) is 10.6. The Morgan fingerprint density at radius 3 is 2.17 bits per heavy atom. The van der Waals surface area contributed by atoms with Gasteiger partial charge in [0.15, 0.2) is 0 Å². The number of rotatable bonds is 2. The molecule has 0 saturated carbocycles. The van der Waals surface area contributed by atoms with Crippen LogP contribution >= 0.6 is 0 Å². The number of para-hydroxylation sites is 2. The van der Waals surface area contributed by atoms with Gasteiger partial charge in [0.2, 0.25) is 0 Å². The highest BCUT2D eigenvalue weighted by molar-refractivity contribution is 6.14. The van der Waals surface area contributed by atoms with Gasteiger partial charge in [-0.1, -0.05) is 165 Å². The van der Waals surface area contributed by atoms with E-state index >= 15 is 0 Å². The van der Waals surface area contributed by atoms with Gasteiger partial charge < -0.3 is 4.74 Å². The van der Waals surface area contributed by atoms with E-state index in [-0.39, 0.29) is 23.0 Å². The number of allylic oxidation sites excluding steroid dienone is 4. The fraction of sp³-hybridized carbons (Fsp3) is 0.118. The summed E-state index contributed by atoms with van der Waals surface area (Å²) < 4.78 is 9.37. The van der Waals surface area contributed by atoms with Crippen LogP contribution in [0, 0.1) is 5.41 Å². The summed E-state index contributed by atoms with van der Waals surface area (Å²) >= 11 is 0. The molecule has 12 rings (SSSR count). The van der Waals surface area contributed by atoms with Crippen LogP contribution in [0.2, 0.25) is 0 Å². The summed E-state index contributed by atoms with van der Waals surface area (Å²) in [5.74, 6) is 0. The molecule has 0 amide bonds. The lowest BCUT2D eigenvalue weighted by atomic mass is 9.49. The molecule has 1 fully saturated rings. The zero-order valence-electron chi connectivity index (χ0n) is 29.9. The van der Waals surface area contributed by atoms with Crippen LogP contribution in [0.15, 0.2) is 182 Å². The molecule has 54 heavy (non-hydrogen) atoms. The van der Waals surface area contributed by atoms with Crippen molar-refractivity contribution in [2.75, 3.05) is 0 Å². The second-order valence-electron chi connectivity index (χ2n) is 15.5. The average Bonchev–Trinajstić information content (AvgIpc) is 3.77. The minimum Gasteiger partial charge on any atom is -0.365 e. The predicted molar refractivity (Wildman–Crippen MR) is 222 cm³/mol. The highest BCUT2D eigenvalue weighted by Gasteiger charge is 2.64. The van der Waals surface area contributed by atoms with E-state index in [4.69, 9.17) is 9.72 Å². The van der Waals surface area contributed by atoms with Crippen molar-refractivity contribution in [1.29, 1.82) is 0 Å². The SMILES string of the molecule is CC12C=C(c3ccc(-c4ccc5c6ccccc6c6nc7ccccc7n6c5c4)cc3)C=CC1OC1CC=CC=C1C21c2ccccc2-c2ccccc21. The van der Waals surface area contributed by atoms with Crippen LogP contribution in [0.1, 0.15) is 30.0 Å². The van der Waals surface area contributed by atoms with Crippen molar-refractivity contribution in [3.05, 3.63) is 198 Å². The highest BCUT2D eigenvalue weighted by Crippen LogP contribution is 2.67. The molecular formula is C51H36N2O. The number of hydrogen-bond donors (Lipinski definition) is 0. The van der Waals surface area contributed by atoms with Crippen LogP contribution in [0.5, 0.6) is 0 Å². The minimum absolute atomic E-state index is 0.0349. The van der Waals surface area contributed by atoms with Gasteiger partial charge in [-0.05, 0) is 80.1 Å². The van der Waals surface area contributed by atoms with Gasteiger partial charge in [-0.2, -0.15) is 0 Å². The zero-order chi connectivity index (χ0) is 35.6. The number of fused-ring (bicyclic) bond motifs is 17. The first-order valence-electron chi connectivity index (χ1n) is 19.1. The molecule has 3 atom stereocenters. The summed E-state index contributed by atoms with van der Waals surface area (Å²) in [6.07, 6.45) is 14.8. The lowest BCUT2D eigenvalue weighted by Crippen LogP contribution is -2.59. The molecule has 0 bridgehead atoms. The first-order valence-corrected chi connectivity index (χ1v) is 19.1. The van der Waals surface area contributed by atoms with Crippen molar-refractivity contribution >= 4 is 43.9 Å². The van der Waals surface area contributed by atoms with Gasteiger partial charge in [-0.15, -0.1) is 0 Å². The molecule has 0 radical (unpaired) electrons. The fourth-order valence-electron chi connectivity index (χ4n) is 10.6. The molecule has 1 spiro atoms. The molecule has 0 N–H and O–H groups in total. The topological polar surface area (TPSA) is 26.5 Å². The van der Waals surface area contributed by atoms with E-state index < -0.39 is 0 Å². The van der Waals surface area contributed by atoms with Crippen molar-refractivity contribution < 1.29 is 4.74 Å².